The lowest BCUT2D eigenvalue weighted by molar-refractivity contribution is 0.913. The molecule has 2 aromatic rings. The summed E-state index contributed by atoms with van der Waals surface area (Å²) < 4.78 is 0. The van der Waals surface area contributed by atoms with Gasteiger partial charge in [-0.25, -0.2) is 0 Å². The molecule has 1 aromatic carbocycles. The second kappa shape index (κ2) is 6.68. The van der Waals surface area contributed by atoms with E-state index < -0.39 is 0 Å². The molecule has 0 saturated heterocycles. The Kier molecular flexibility index (Phi) is 4.66. The Morgan fingerprint density at radius 1 is 1.16 bits per heavy atom. The van der Waals surface area contributed by atoms with Gasteiger partial charge in [-0.1, -0.05) is 32.0 Å². The smallest absolute Gasteiger partial charge is 0.244 e. The summed E-state index contributed by atoms with van der Waals surface area (Å²) in [6.07, 6.45) is 3.63. The highest BCUT2D eigenvalue weighted by Crippen LogP contribution is 2.19. The average molecular weight is 257 g/mol. The number of hydrogen-bond donors (Lipinski definition) is 2. The SMILES string of the molecule is CCCNc1nncc(Nc2ccccc2CC)n1. The van der Waals surface area contributed by atoms with Crippen molar-refractivity contribution >= 4 is 17.5 Å². The Labute approximate surface area is 113 Å². The first-order chi connectivity index (χ1) is 9.33. The molecule has 19 heavy (non-hydrogen) atoms. The number of hydrogen-bond acceptors (Lipinski definition) is 5. The molecule has 100 valence electrons. The molecule has 0 aliphatic heterocycles. The molecular weight excluding hydrogens is 238 g/mol. The lowest BCUT2D eigenvalue weighted by Gasteiger charge is -2.10. The third-order valence-corrected chi connectivity index (χ3v) is 2.75. The molecule has 5 heteroatoms. The van der Waals surface area contributed by atoms with Crippen LogP contribution >= 0.6 is 0 Å². The normalized spacial score (nSPS) is 10.2. The van der Waals surface area contributed by atoms with E-state index in [0.29, 0.717) is 11.8 Å². The summed E-state index contributed by atoms with van der Waals surface area (Å²) in [7, 11) is 0. The number of aryl methyl sites for hydroxylation is 1. The number of rotatable bonds is 6. The number of para-hydroxylation sites is 1. The molecule has 0 unspecified atom stereocenters. The number of aromatic nitrogens is 3. The maximum atomic E-state index is 4.39. The Morgan fingerprint density at radius 3 is 2.79 bits per heavy atom. The topological polar surface area (TPSA) is 62.7 Å². The van der Waals surface area contributed by atoms with Crippen molar-refractivity contribution < 1.29 is 0 Å². The quantitative estimate of drug-likeness (QED) is 0.833. The van der Waals surface area contributed by atoms with E-state index in [1.807, 2.05) is 18.2 Å². The molecule has 0 spiro atoms. The fourth-order valence-electron chi connectivity index (χ4n) is 1.76. The average Bonchev–Trinajstić information content (AvgIpc) is 2.46. The van der Waals surface area contributed by atoms with E-state index in [1.165, 1.54) is 5.56 Å². The zero-order chi connectivity index (χ0) is 13.5. The Balaban J connectivity index is 2.14. The molecule has 1 aromatic heterocycles. The molecule has 0 fully saturated rings. The van der Waals surface area contributed by atoms with Crippen molar-refractivity contribution in [3.8, 4) is 0 Å². The van der Waals surface area contributed by atoms with Crippen molar-refractivity contribution in [1.29, 1.82) is 0 Å². The minimum absolute atomic E-state index is 0.556. The summed E-state index contributed by atoms with van der Waals surface area (Å²) in [6, 6.07) is 8.19. The predicted octanol–water partition coefficient (Wildman–Crippen LogP) is 3.00. The zero-order valence-corrected chi connectivity index (χ0v) is 11.3. The van der Waals surface area contributed by atoms with Gasteiger partial charge in [-0.15, -0.1) is 5.10 Å². The van der Waals surface area contributed by atoms with Crippen LogP contribution in [-0.2, 0) is 6.42 Å². The molecule has 0 amide bonds. The highest BCUT2D eigenvalue weighted by atomic mass is 15.3. The van der Waals surface area contributed by atoms with Gasteiger partial charge in [0.2, 0.25) is 5.95 Å². The van der Waals surface area contributed by atoms with Gasteiger partial charge < -0.3 is 10.6 Å². The highest BCUT2D eigenvalue weighted by Gasteiger charge is 2.03. The van der Waals surface area contributed by atoms with E-state index in [9.17, 15) is 0 Å². The fraction of sp³-hybridized carbons (Fsp3) is 0.357. The van der Waals surface area contributed by atoms with Crippen LogP contribution in [0, 0.1) is 0 Å². The van der Waals surface area contributed by atoms with Crippen molar-refractivity contribution in [3.05, 3.63) is 36.0 Å². The van der Waals surface area contributed by atoms with Crippen molar-refractivity contribution in [3.63, 3.8) is 0 Å². The minimum Gasteiger partial charge on any atom is -0.353 e. The summed E-state index contributed by atoms with van der Waals surface area (Å²) in [6.45, 7) is 5.07. The number of benzene rings is 1. The molecule has 0 radical (unpaired) electrons. The Bertz CT molecular complexity index is 527. The van der Waals surface area contributed by atoms with Gasteiger partial charge in [-0.2, -0.15) is 10.1 Å². The molecule has 5 nitrogen and oxygen atoms in total. The maximum Gasteiger partial charge on any atom is 0.244 e. The first kappa shape index (κ1) is 13.3. The van der Waals surface area contributed by atoms with Crippen molar-refractivity contribution in [2.24, 2.45) is 0 Å². The van der Waals surface area contributed by atoms with Crippen LogP contribution in [0.2, 0.25) is 0 Å². The number of nitrogens with one attached hydrogen (secondary N) is 2. The van der Waals surface area contributed by atoms with E-state index in [2.05, 4.69) is 45.7 Å². The highest BCUT2D eigenvalue weighted by molar-refractivity contribution is 5.60. The van der Waals surface area contributed by atoms with E-state index in [4.69, 9.17) is 0 Å². The summed E-state index contributed by atoms with van der Waals surface area (Å²) in [5, 5.41) is 14.3. The van der Waals surface area contributed by atoms with Crippen molar-refractivity contribution in [1.82, 2.24) is 15.2 Å². The van der Waals surface area contributed by atoms with Crippen LogP contribution in [0.4, 0.5) is 17.5 Å². The van der Waals surface area contributed by atoms with Gasteiger partial charge in [0.1, 0.15) is 0 Å². The lowest BCUT2D eigenvalue weighted by Crippen LogP contribution is -2.07. The van der Waals surface area contributed by atoms with E-state index in [0.717, 1.165) is 25.1 Å². The van der Waals surface area contributed by atoms with Crippen LogP contribution in [0.1, 0.15) is 25.8 Å². The monoisotopic (exact) mass is 257 g/mol. The molecule has 1 heterocycles. The van der Waals surface area contributed by atoms with Crippen LogP contribution in [0.25, 0.3) is 0 Å². The Morgan fingerprint density at radius 2 is 2.00 bits per heavy atom. The first-order valence-electron chi connectivity index (χ1n) is 6.62. The van der Waals surface area contributed by atoms with Crippen LogP contribution in [0.15, 0.2) is 30.5 Å². The number of anilines is 3. The molecule has 0 aliphatic carbocycles. The van der Waals surface area contributed by atoms with Gasteiger partial charge in [0.15, 0.2) is 5.82 Å². The van der Waals surface area contributed by atoms with Crippen LogP contribution in [-0.4, -0.2) is 21.7 Å². The van der Waals surface area contributed by atoms with Crippen LogP contribution in [0.3, 0.4) is 0 Å². The fourth-order valence-corrected chi connectivity index (χ4v) is 1.76. The minimum atomic E-state index is 0.556. The van der Waals surface area contributed by atoms with Crippen LogP contribution in [0.5, 0.6) is 0 Å². The van der Waals surface area contributed by atoms with Gasteiger partial charge in [-0.3, -0.25) is 0 Å². The van der Waals surface area contributed by atoms with Gasteiger partial charge in [-0.05, 0) is 24.5 Å². The molecule has 0 saturated carbocycles. The van der Waals surface area contributed by atoms with Gasteiger partial charge in [0.05, 0.1) is 6.20 Å². The summed E-state index contributed by atoms with van der Waals surface area (Å²) >= 11 is 0. The molecule has 0 bridgehead atoms. The largest absolute Gasteiger partial charge is 0.353 e. The summed E-state index contributed by atoms with van der Waals surface area (Å²) in [5.74, 6) is 1.26. The van der Waals surface area contributed by atoms with E-state index >= 15 is 0 Å². The molecule has 2 rings (SSSR count). The standard InChI is InChI=1S/C14H19N5/c1-3-9-15-14-18-13(10-16-19-14)17-12-8-6-5-7-11(12)4-2/h5-8,10H,3-4,9H2,1-2H3,(H2,15,17,18,19). The molecule has 0 aliphatic rings. The summed E-state index contributed by atoms with van der Waals surface area (Å²) in [4.78, 5) is 4.39. The second-order valence-corrected chi connectivity index (χ2v) is 4.23. The summed E-state index contributed by atoms with van der Waals surface area (Å²) in [5.41, 5.74) is 2.32. The van der Waals surface area contributed by atoms with E-state index in [1.54, 1.807) is 6.20 Å². The lowest BCUT2D eigenvalue weighted by atomic mass is 10.1. The van der Waals surface area contributed by atoms with Gasteiger partial charge in [0, 0.05) is 12.2 Å². The zero-order valence-electron chi connectivity index (χ0n) is 11.3. The Hall–Kier alpha value is -2.17. The molecular formula is C14H19N5. The predicted molar refractivity (Wildman–Crippen MR) is 77.7 cm³/mol. The first-order valence-corrected chi connectivity index (χ1v) is 6.62. The van der Waals surface area contributed by atoms with E-state index in [-0.39, 0.29) is 0 Å². The third kappa shape index (κ3) is 3.64. The molecule has 0 atom stereocenters. The van der Waals surface area contributed by atoms with Crippen molar-refractivity contribution in [2.45, 2.75) is 26.7 Å². The van der Waals surface area contributed by atoms with Gasteiger partial charge in [0.25, 0.3) is 0 Å². The van der Waals surface area contributed by atoms with Crippen LogP contribution < -0.4 is 10.6 Å². The number of nitrogens with zero attached hydrogens (tertiary/aromatic N) is 3. The maximum absolute atomic E-state index is 4.39. The van der Waals surface area contributed by atoms with Crippen molar-refractivity contribution in [2.75, 3.05) is 17.2 Å². The second-order valence-electron chi connectivity index (χ2n) is 4.23. The van der Waals surface area contributed by atoms with Gasteiger partial charge >= 0.3 is 0 Å². The molecule has 2 N–H and O–H groups in total. The third-order valence-electron chi connectivity index (χ3n) is 2.75.